The van der Waals surface area contributed by atoms with Gasteiger partial charge in [0.1, 0.15) is 0 Å². The highest BCUT2D eigenvalue weighted by atomic mass is 15.1. The minimum Gasteiger partial charge on any atom is -0.310 e. The Morgan fingerprint density at radius 2 is 0.635 bits per heavy atom. The number of hydrogen-bond donors (Lipinski definition) is 0. The lowest BCUT2D eigenvalue weighted by Gasteiger charge is -2.26. The zero-order valence-corrected chi connectivity index (χ0v) is 34.6. The van der Waals surface area contributed by atoms with Gasteiger partial charge in [0.25, 0.3) is 0 Å². The first-order chi connectivity index (χ1) is 31.2. The SMILES string of the molecule is c1cc(-c2ccc(N(c3ccc(-c4ccc5c(ccc6ccccc65)c4)cc3)c3cccc(-c4cccc5c4ccc4ccccc45)c3)cc2)cc(-c2ccc3ccccc3c2)c1. The van der Waals surface area contributed by atoms with Crippen LogP contribution in [0.4, 0.5) is 17.1 Å². The highest BCUT2D eigenvalue weighted by molar-refractivity contribution is 6.12. The van der Waals surface area contributed by atoms with Crippen LogP contribution < -0.4 is 4.90 Å². The van der Waals surface area contributed by atoms with Crippen LogP contribution >= 0.6 is 0 Å². The first kappa shape index (κ1) is 36.6. The van der Waals surface area contributed by atoms with Crippen LogP contribution in [0.15, 0.2) is 249 Å². The van der Waals surface area contributed by atoms with E-state index < -0.39 is 0 Å². The summed E-state index contributed by atoms with van der Waals surface area (Å²) in [6.07, 6.45) is 0. The van der Waals surface area contributed by atoms with Gasteiger partial charge in [-0.05, 0) is 153 Å². The van der Waals surface area contributed by atoms with E-state index in [1.807, 2.05) is 0 Å². The molecule has 1 heteroatoms. The van der Waals surface area contributed by atoms with Crippen molar-refractivity contribution in [1.29, 1.82) is 0 Å². The molecule has 0 aliphatic rings. The molecule has 0 atom stereocenters. The van der Waals surface area contributed by atoms with E-state index in [1.165, 1.54) is 98.4 Å². The molecule has 0 amide bonds. The van der Waals surface area contributed by atoms with Crippen molar-refractivity contribution in [2.45, 2.75) is 0 Å². The molecule has 0 unspecified atom stereocenters. The van der Waals surface area contributed by atoms with Gasteiger partial charge in [-0.1, -0.05) is 194 Å². The first-order valence-electron chi connectivity index (χ1n) is 21.7. The van der Waals surface area contributed by atoms with Crippen LogP contribution in [0.3, 0.4) is 0 Å². The van der Waals surface area contributed by atoms with Crippen molar-refractivity contribution in [1.82, 2.24) is 0 Å². The van der Waals surface area contributed by atoms with Gasteiger partial charge in [0.15, 0.2) is 0 Å². The lowest BCUT2D eigenvalue weighted by molar-refractivity contribution is 1.28. The van der Waals surface area contributed by atoms with Crippen molar-refractivity contribution in [3.8, 4) is 44.5 Å². The van der Waals surface area contributed by atoms with Gasteiger partial charge in [-0.3, -0.25) is 0 Å². The molecule has 63 heavy (non-hydrogen) atoms. The fourth-order valence-corrected chi connectivity index (χ4v) is 9.60. The van der Waals surface area contributed by atoms with E-state index in [-0.39, 0.29) is 0 Å². The molecule has 12 rings (SSSR count). The van der Waals surface area contributed by atoms with Crippen LogP contribution in [-0.2, 0) is 0 Å². The average Bonchev–Trinajstić information content (AvgIpc) is 3.36. The third-order valence-corrected chi connectivity index (χ3v) is 12.8. The molecule has 0 heterocycles. The van der Waals surface area contributed by atoms with Gasteiger partial charge in [-0.15, -0.1) is 0 Å². The zero-order valence-electron chi connectivity index (χ0n) is 34.6. The number of rotatable bonds is 7. The normalized spacial score (nSPS) is 11.5. The Bertz CT molecular complexity index is 3670. The highest BCUT2D eigenvalue weighted by Gasteiger charge is 2.16. The molecule has 12 aromatic carbocycles. The maximum atomic E-state index is 2.38. The Morgan fingerprint density at radius 1 is 0.190 bits per heavy atom. The molecular weight excluding hydrogens is 759 g/mol. The molecule has 0 saturated heterocycles. The number of nitrogens with zero attached hydrogens (tertiary/aromatic N) is 1. The molecule has 0 radical (unpaired) electrons. The molecular formula is C62H41N. The van der Waals surface area contributed by atoms with E-state index in [9.17, 15) is 0 Å². The summed E-state index contributed by atoms with van der Waals surface area (Å²) >= 11 is 0. The average molecular weight is 800 g/mol. The van der Waals surface area contributed by atoms with E-state index >= 15 is 0 Å². The minimum absolute atomic E-state index is 1.09. The van der Waals surface area contributed by atoms with Crippen molar-refractivity contribution in [2.24, 2.45) is 0 Å². The summed E-state index contributed by atoms with van der Waals surface area (Å²) in [5.74, 6) is 0. The third-order valence-electron chi connectivity index (χ3n) is 12.8. The maximum Gasteiger partial charge on any atom is 0.0467 e. The second-order valence-electron chi connectivity index (χ2n) is 16.5. The Labute approximate surface area is 367 Å². The maximum absolute atomic E-state index is 2.38. The van der Waals surface area contributed by atoms with Gasteiger partial charge in [-0.25, -0.2) is 0 Å². The molecule has 12 aromatic rings. The van der Waals surface area contributed by atoms with Gasteiger partial charge >= 0.3 is 0 Å². The van der Waals surface area contributed by atoms with E-state index in [0.717, 1.165) is 17.1 Å². The van der Waals surface area contributed by atoms with E-state index in [4.69, 9.17) is 0 Å². The van der Waals surface area contributed by atoms with Gasteiger partial charge < -0.3 is 4.90 Å². The summed E-state index contributed by atoms with van der Waals surface area (Å²) in [7, 11) is 0. The van der Waals surface area contributed by atoms with Gasteiger partial charge in [0.05, 0.1) is 0 Å². The highest BCUT2D eigenvalue weighted by Crippen LogP contribution is 2.41. The molecule has 294 valence electrons. The Balaban J connectivity index is 0.935. The second-order valence-corrected chi connectivity index (χ2v) is 16.5. The lowest BCUT2D eigenvalue weighted by Crippen LogP contribution is -2.10. The lowest BCUT2D eigenvalue weighted by atomic mass is 9.94. The van der Waals surface area contributed by atoms with Crippen LogP contribution in [0.1, 0.15) is 0 Å². The van der Waals surface area contributed by atoms with Gasteiger partial charge in [-0.2, -0.15) is 0 Å². The monoisotopic (exact) mass is 799 g/mol. The molecule has 0 fully saturated rings. The number of anilines is 3. The van der Waals surface area contributed by atoms with Crippen molar-refractivity contribution >= 4 is 70.9 Å². The van der Waals surface area contributed by atoms with Gasteiger partial charge in [0, 0.05) is 17.1 Å². The minimum atomic E-state index is 1.09. The quantitative estimate of drug-likeness (QED) is 0.145. The molecule has 0 bridgehead atoms. The van der Waals surface area contributed by atoms with E-state index in [0.29, 0.717) is 0 Å². The van der Waals surface area contributed by atoms with Crippen LogP contribution in [0.5, 0.6) is 0 Å². The smallest absolute Gasteiger partial charge is 0.0467 e. The fourth-order valence-electron chi connectivity index (χ4n) is 9.60. The molecule has 0 saturated carbocycles. The number of benzene rings is 12. The molecule has 1 nitrogen and oxygen atoms in total. The first-order valence-corrected chi connectivity index (χ1v) is 21.7. The number of fused-ring (bicyclic) bond motifs is 7. The Kier molecular flexibility index (Phi) is 8.90. The zero-order chi connectivity index (χ0) is 41.7. The standard InChI is InChI=1S/C62H41N/c1-2-13-47-39-51(24-22-42(47)10-1)49-15-7-14-48(38-49)43-26-32-54(33-27-43)63(55-34-28-44(29-35-55)50-31-36-60-53(40-50)25-23-45-11-3-5-18-57(45)60)56-17-8-16-52(41-56)59-20-9-21-61-58-19-6-4-12-46(58)30-37-62(59)61/h1-41H. The topological polar surface area (TPSA) is 3.24 Å². The predicted octanol–water partition coefficient (Wildman–Crippen LogP) is 17.6. The third kappa shape index (κ3) is 6.68. The van der Waals surface area contributed by atoms with E-state index in [1.54, 1.807) is 0 Å². The summed E-state index contributed by atoms with van der Waals surface area (Å²) in [4.78, 5) is 2.38. The summed E-state index contributed by atoms with van der Waals surface area (Å²) < 4.78 is 0. The Hall–Kier alpha value is -8.26. The largest absolute Gasteiger partial charge is 0.310 e. The summed E-state index contributed by atoms with van der Waals surface area (Å²) in [6, 6.07) is 91.1. The van der Waals surface area contributed by atoms with Crippen LogP contribution in [0.25, 0.3) is 98.4 Å². The summed E-state index contributed by atoms with van der Waals surface area (Å²) in [6.45, 7) is 0. The van der Waals surface area contributed by atoms with Crippen molar-refractivity contribution in [3.63, 3.8) is 0 Å². The van der Waals surface area contributed by atoms with Gasteiger partial charge in [0.2, 0.25) is 0 Å². The molecule has 0 spiro atoms. The van der Waals surface area contributed by atoms with Crippen molar-refractivity contribution in [2.75, 3.05) is 4.90 Å². The molecule has 0 aliphatic heterocycles. The second kappa shape index (κ2) is 15.3. The molecule has 0 N–H and O–H groups in total. The van der Waals surface area contributed by atoms with Crippen molar-refractivity contribution in [3.05, 3.63) is 249 Å². The molecule has 0 aromatic heterocycles. The predicted molar refractivity (Wildman–Crippen MR) is 270 cm³/mol. The summed E-state index contributed by atoms with van der Waals surface area (Å²) in [5, 5.41) is 12.6. The Morgan fingerprint density at radius 3 is 1.38 bits per heavy atom. The fraction of sp³-hybridized carbons (Fsp3) is 0. The summed E-state index contributed by atoms with van der Waals surface area (Å²) in [5.41, 5.74) is 12.9. The van der Waals surface area contributed by atoms with Crippen LogP contribution in [0, 0.1) is 0 Å². The van der Waals surface area contributed by atoms with Crippen molar-refractivity contribution < 1.29 is 0 Å². The number of hydrogen-bond acceptors (Lipinski definition) is 1. The van der Waals surface area contributed by atoms with Crippen LogP contribution in [-0.4, -0.2) is 0 Å². The molecule has 0 aliphatic carbocycles. The van der Waals surface area contributed by atoms with Crippen LogP contribution in [0.2, 0.25) is 0 Å². The van der Waals surface area contributed by atoms with E-state index in [2.05, 4.69) is 254 Å².